The summed E-state index contributed by atoms with van der Waals surface area (Å²) in [5, 5.41) is 0. The van der Waals surface area contributed by atoms with Gasteiger partial charge in [0.1, 0.15) is 0 Å². The molecule has 0 amide bonds. The highest BCUT2D eigenvalue weighted by molar-refractivity contribution is 5.99. The van der Waals surface area contributed by atoms with E-state index in [1.165, 1.54) is 0 Å². The van der Waals surface area contributed by atoms with Crippen molar-refractivity contribution in [2.75, 3.05) is 14.2 Å². The van der Waals surface area contributed by atoms with E-state index in [4.69, 9.17) is 9.47 Å². The molecule has 3 heteroatoms. The lowest BCUT2D eigenvalue weighted by molar-refractivity contribution is 0.0938. The highest BCUT2D eigenvalue weighted by atomic mass is 16.5. The van der Waals surface area contributed by atoms with Crippen molar-refractivity contribution in [1.82, 2.24) is 0 Å². The van der Waals surface area contributed by atoms with E-state index >= 15 is 0 Å². The number of Topliss-reactive ketones (excluding diaryl/α,β-unsaturated/α-hetero) is 1. The SMILES string of the molecule is COc1cc(C)c(C(=O)C(C)C)cc1OC. The van der Waals surface area contributed by atoms with Crippen LogP contribution < -0.4 is 9.47 Å². The number of ether oxygens (including phenoxy) is 2. The minimum atomic E-state index is -0.0169. The van der Waals surface area contributed by atoms with Crippen LogP contribution in [0.3, 0.4) is 0 Å². The van der Waals surface area contributed by atoms with Crippen LogP contribution in [-0.2, 0) is 0 Å². The van der Waals surface area contributed by atoms with Gasteiger partial charge in [-0.25, -0.2) is 0 Å². The van der Waals surface area contributed by atoms with Crippen molar-refractivity contribution in [2.45, 2.75) is 20.8 Å². The summed E-state index contributed by atoms with van der Waals surface area (Å²) in [6.07, 6.45) is 0. The molecular formula is C13H18O3. The summed E-state index contributed by atoms with van der Waals surface area (Å²) in [4.78, 5) is 11.9. The molecule has 1 rings (SSSR count). The molecule has 88 valence electrons. The molecule has 0 unspecified atom stereocenters. The van der Waals surface area contributed by atoms with Gasteiger partial charge in [-0.3, -0.25) is 4.79 Å². The standard InChI is InChI=1S/C13H18O3/c1-8(2)13(14)10-7-12(16-5)11(15-4)6-9(10)3/h6-8H,1-5H3. The number of hydrogen-bond donors (Lipinski definition) is 0. The largest absolute Gasteiger partial charge is 0.493 e. The van der Waals surface area contributed by atoms with Crippen LogP contribution in [0.25, 0.3) is 0 Å². The molecule has 0 aliphatic rings. The topological polar surface area (TPSA) is 35.5 Å². The average molecular weight is 222 g/mol. The van der Waals surface area contributed by atoms with Crippen molar-refractivity contribution in [3.63, 3.8) is 0 Å². The summed E-state index contributed by atoms with van der Waals surface area (Å²) in [7, 11) is 3.15. The van der Waals surface area contributed by atoms with E-state index in [-0.39, 0.29) is 11.7 Å². The second-order valence-electron chi connectivity index (χ2n) is 4.04. The van der Waals surface area contributed by atoms with Gasteiger partial charge in [-0.2, -0.15) is 0 Å². The van der Waals surface area contributed by atoms with Gasteiger partial charge in [0, 0.05) is 11.5 Å². The van der Waals surface area contributed by atoms with Crippen LogP contribution in [0.5, 0.6) is 11.5 Å². The second-order valence-corrected chi connectivity index (χ2v) is 4.04. The Labute approximate surface area is 96.4 Å². The predicted octanol–water partition coefficient (Wildman–Crippen LogP) is 2.85. The fourth-order valence-corrected chi connectivity index (χ4v) is 1.56. The molecule has 0 aliphatic carbocycles. The minimum absolute atomic E-state index is 0.0169. The number of hydrogen-bond acceptors (Lipinski definition) is 3. The van der Waals surface area contributed by atoms with E-state index < -0.39 is 0 Å². The van der Waals surface area contributed by atoms with Gasteiger partial charge in [0.05, 0.1) is 14.2 Å². The predicted molar refractivity (Wildman–Crippen MR) is 63.5 cm³/mol. The first-order valence-corrected chi connectivity index (χ1v) is 5.28. The van der Waals surface area contributed by atoms with Crippen molar-refractivity contribution in [3.05, 3.63) is 23.3 Å². The Balaban J connectivity index is 3.26. The van der Waals surface area contributed by atoms with Gasteiger partial charge in [-0.15, -0.1) is 0 Å². The molecule has 0 aromatic heterocycles. The molecular weight excluding hydrogens is 204 g/mol. The van der Waals surface area contributed by atoms with E-state index in [1.807, 2.05) is 26.8 Å². The second kappa shape index (κ2) is 5.01. The smallest absolute Gasteiger partial charge is 0.165 e. The van der Waals surface area contributed by atoms with E-state index in [0.29, 0.717) is 17.1 Å². The third-order valence-electron chi connectivity index (χ3n) is 2.52. The molecule has 0 radical (unpaired) electrons. The number of ketones is 1. The zero-order valence-electron chi connectivity index (χ0n) is 10.5. The molecule has 0 fully saturated rings. The van der Waals surface area contributed by atoms with E-state index in [0.717, 1.165) is 5.56 Å². The Kier molecular flexibility index (Phi) is 3.93. The molecule has 3 nitrogen and oxygen atoms in total. The number of benzene rings is 1. The molecule has 0 atom stereocenters. The Morgan fingerprint density at radius 2 is 1.62 bits per heavy atom. The maximum Gasteiger partial charge on any atom is 0.165 e. The zero-order valence-corrected chi connectivity index (χ0v) is 10.5. The Hall–Kier alpha value is -1.51. The summed E-state index contributed by atoms with van der Waals surface area (Å²) < 4.78 is 10.4. The van der Waals surface area contributed by atoms with Gasteiger partial charge in [0.25, 0.3) is 0 Å². The lowest BCUT2D eigenvalue weighted by Crippen LogP contribution is -2.09. The lowest BCUT2D eigenvalue weighted by Gasteiger charge is -2.13. The normalized spacial score (nSPS) is 10.4. The van der Waals surface area contributed by atoms with Crippen molar-refractivity contribution in [3.8, 4) is 11.5 Å². The molecule has 0 spiro atoms. The molecule has 16 heavy (non-hydrogen) atoms. The summed E-state index contributed by atoms with van der Waals surface area (Å²) in [5.74, 6) is 1.35. The number of methoxy groups -OCH3 is 2. The highest BCUT2D eigenvalue weighted by Crippen LogP contribution is 2.31. The summed E-state index contributed by atoms with van der Waals surface area (Å²) in [6.45, 7) is 5.68. The molecule has 0 saturated heterocycles. The monoisotopic (exact) mass is 222 g/mol. The minimum Gasteiger partial charge on any atom is -0.493 e. The molecule has 1 aromatic rings. The van der Waals surface area contributed by atoms with E-state index in [9.17, 15) is 4.79 Å². The fraction of sp³-hybridized carbons (Fsp3) is 0.462. The summed E-state index contributed by atoms with van der Waals surface area (Å²) in [5.41, 5.74) is 1.61. The van der Waals surface area contributed by atoms with Gasteiger partial charge in [-0.05, 0) is 24.6 Å². The van der Waals surface area contributed by atoms with E-state index in [2.05, 4.69) is 0 Å². The first-order valence-electron chi connectivity index (χ1n) is 5.28. The lowest BCUT2D eigenvalue weighted by atomic mass is 9.96. The fourth-order valence-electron chi connectivity index (χ4n) is 1.56. The number of rotatable bonds is 4. The average Bonchev–Trinajstić information content (AvgIpc) is 2.27. The first-order chi connectivity index (χ1) is 7.51. The van der Waals surface area contributed by atoms with Crippen molar-refractivity contribution in [2.24, 2.45) is 5.92 Å². The van der Waals surface area contributed by atoms with Crippen molar-refractivity contribution < 1.29 is 14.3 Å². The summed E-state index contributed by atoms with van der Waals surface area (Å²) in [6, 6.07) is 3.57. The Bertz CT molecular complexity index is 394. The molecule has 0 heterocycles. The van der Waals surface area contributed by atoms with Gasteiger partial charge in [0.15, 0.2) is 17.3 Å². The van der Waals surface area contributed by atoms with Crippen LogP contribution in [0.4, 0.5) is 0 Å². The zero-order chi connectivity index (χ0) is 12.3. The number of aryl methyl sites for hydroxylation is 1. The maximum atomic E-state index is 11.9. The van der Waals surface area contributed by atoms with Gasteiger partial charge in [-0.1, -0.05) is 13.8 Å². The van der Waals surface area contributed by atoms with Crippen molar-refractivity contribution in [1.29, 1.82) is 0 Å². The first kappa shape index (κ1) is 12.6. The van der Waals surface area contributed by atoms with Gasteiger partial charge < -0.3 is 9.47 Å². The molecule has 0 N–H and O–H groups in total. The Morgan fingerprint density at radius 1 is 1.12 bits per heavy atom. The van der Waals surface area contributed by atoms with Crippen LogP contribution in [0.2, 0.25) is 0 Å². The van der Waals surface area contributed by atoms with Gasteiger partial charge >= 0.3 is 0 Å². The quantitative estimate of drug-likeness (QED) is 0.735. The molecule has 0 bridgehead atoms. The highest BCUT2D eigenvalue weighted by Gasteiger charge is 2.16. The third-order valence-corrected chi connectivity index (χ3v) is 2.52. The van der Waals surface area contributed by atoms with Crippen LogP contribution in [0, 0.1) is 12.8 Å². The van der Waals surface area contributed by atoms with Crippen LogP contribution in [-0.4, -0.2) is 20.0 Å². The van der Waals surface area contributed by atoms with E-state index in [1.54, 1.807) is 20.3 Å². The molecule has 0 saturated carbocycles. The summed E-state index contributed by atoms with van der Waals surface area (Å²) >= 11 is 0. The maximum absolute atomic E-state index is 11.9. The number of carbonyl (C=O) groups excluding carboxylic acids is 1. The third kappa shape index (κ3) is 2.35. The van der Waals surface area contributed by atoms with Crippen LogP contribution in [0.15, 0.2) is 12.1 Å². The molecule has 0 aliphatic heterocycles. The van der Waals surface area contributed by atoms with Crippen LogP contribution >= 0.6 is 0 Å². The Morgan fingerprint density at radius 3 is 2.06 bits per heavy atom. The van der Waals surface area contributed by atoms with Crippen LogP contribution in [0.1, 0.15) is 29.8 Å². The molecule has 1 aromatic carbocycles. The van der Waals surface area contributed by atoms with Crippen molar-refractivity contribution >= 4 is 5.78 Å². The van der Waals surface area contributed by atoms with Gasteiger partial charge in [0.2, 0.25) is 0 Å². The number of carbonyl (C=O) groups is 1.